The van der Waals surface area contributed by atoms with Gasteiger partial charge in [0.25, 0.3) is 12.3 Å². The van der Waals surface area contributed by atoms with Crippen molar-refractivity contribution in [2.75, 3.05) is 0 Å². The van der Waals surface area contributed by atoms with Crippen molar-refractivity contribution in [2.24, 2.45) is 5.92 Å². The minimum Gasteiger partial charge on any atom is -0.390 e. The normalized spacial score (nSPS) is 17.5. The van der Waals surface area contributed by atoms with E-state index in [2.05, 4.69) is 20.3 Å². The zero-order chi connectivity index (χ0) is 28.7. The van der Waals surface area contributed by atoms with Gasteiger partial charge in [0.1, 0.15) is 10.8 Å². The van der Waals surface area contributed by atoms with Crippen LogP contribution < -0.4 is 11.0 Å². The van der Waals surface area contributed by atoms with Crippen molar-refractivity contribution < 1.29 is 18.7 Å². The molecule has 41 heavy (non-hydrogen) atoms. The van der Waals surface area contributed by atoms with Gasteiger partial charge in [0.05, 0.1) is 23.4 Å². The fraction of sp³-hybridized carbons (Fsp3) is 0.310. The molecule has 0 unspecified atom stereocenters. The van der Waals surface area contributed by atoms with Crippen LogP contribution in [-0.2, 0) is 13.2 Å². The Morgan fingerprint density at radius 3 is 2.71 bits per heavy atom. The summed E-state index contributed by atoms with van der Waals surface area (Å²) in [7, 11) is 0. The number of aliphatic hydroxyl groups excluding tert-OH is 1. The van der Waals surface area contributed by atoms with Gasteiger partial charge in [-0.05, 0) is 80.1 Å². The van der Waals surface area contributed by atoms with Gasteiger partial charge in [0.2, 0.25) is 0 Å². The second-order valence-electron chi connectivity index (χ2n) is 10.4. The molecule has 0 bridgehead atoms. The zero-order valence-corrected chi connectivity index (χ0v) is 22.6. The zero-order valence-electron chi connectivity index (χ0n) is 21.9. The molecule has 0 spiro atoms. The molecule has 6 rings (SSSR count). The number of aromatic amines is 1. The molecule has 12 heteroatoms. The number of halogens is 3. The van der Waals surface area contributed by atoms with Crippen molar-refractivity contribution >= 4 is 39.6 Å². The predicted octanol–water partition coefficient (Wildman–Crippen LogP) is 5.14. The Kier molecular flexibility index (Phi) is 7.31. The SMILES string of the molecule is O=C(NC1CCC(Cn2c(=O)n(-c3ccc4[nH]c(CO)cc4c3)c3ncccc32)CC1)c1ccc(Cl)nc1C(F)F. The molecule has 0 aliphatic heterocycles. The van der Waals surface area contributed by atoms with E-state index in [1.807, 2.05) is 30.3 Å². The number of pyridine rings is 2. The lowest BCUT2D eigenvalue weighted by atomic mass is 9.85. The van der Waals surface area contributed by atoms with Crippen LogP contribution in [0.4, 0.5) is 8.78 Å². The predicted molar refractivity (Wildman–Crippen MR) is 151 cm³/mol. The van der Waals surface area contributed by atoms with Gasteiger partial charge in [-0.3, -0.25) is 9.36 Å². The number of aromatic nitrogens is 5. The van der Waals surface area contributed by atoms with Crippen molar-refractivity contribution in [1.29, 1.82) is 0 Å². The molecule has 3 N–H and O–H groups in total. The summed E-state index contributed by atoms with van der Waals surface area (Å²) in [6, 6.07) is 13.6. The summed E-state index contributed by atoms with van der Waals surface area (Å²) in [4.78, 5) is 37.8. The van der Waals surface area contributed by atoms with Crippen LogP contribution in [0.3, 0.4) is 0 Å². The first-order valence-electron chi connectivity index (χ1n) is 13.4. The first-order chi connectivity index (χ1) is 19.8. The molecule has 1 aromatic carbocycles. The second-order valence-corrected chi connectivity index (χ2v) is 10.7. The average Bonchev–Trinajstić information content (AvgIpc) is 3.51. The number of benzene rings is 1. The van der Waals surface area contributed by atoms with Crippen molar-refractivity contribution in [3.63, 3.8) is 0 Å². The minimum atomic E-state index is -2.91. The maximum Gasteiger partial charge on any atom is 0.334 e. The molecule has 9 nitrogen and oxygen atoms in total. The van der Waals surface area contributed by atoms with Crippen LogP contribution in [-0.4, -0.2) is 41.1 Å². The van der Waals surface area contributed by atoms with Gasteiger partial charge < -0.3 is 15.4 Å². The van der Waals surface area contributed by atoms with Gasteiger partial charge in [-0.25, -0.2) is 28.1 Å². The molecule has 0 radical (unpaired) electrons. The molecule has 5 aromatic rings. The molecule has 1 fully saturated rings. The molecule has 212 valence electrons. The molecule has 1 saturated carbocycles. The van der Waals surface area contributed by atoms with Gasteiger partial charge in [-0.15, -0.1) is 0 Å². The molecule has 0 saturated heterocycles. The Hall–Kier alpha value is -4.09. The standard InChI is InChI=1S/C29H27ClF2N6O3/c30-24-10-8-21(25(36-24)26(31)32)28(40)35-18-5-3-16(4-6-18)14-37-23-2-1-11-33-27(23)38(29(37)41)20-7-9-22-17(13-20)12-19(15-39)34-22/h1-2,7-13,16,18,26,34,39H,3-6,14-15H2,(H,35,40). The maximum atomic E-state index is 13.7. The first-order valence-corrected chi connectivity index (χ1v) is 13.7. The largest absolute Gasteiger partial charge is 0.390 e. The molecule has 4 aromatic heterocycles. The molecule has 0 atom stereocenters. The van der Waals surface area contributed by atoms with Crippen LogP contribution in [0.25, 0.3) is 27.8 Å². The number of alkyl halides is 2. The van der Waals surface area contributed by atoms with E-state index in [1.54, 1.807) is 21.4 Å². The number of imidazole rings is 1. The monoisotopic (exact) mass is 580 g/mol. The van der Waals surface area contributed by atoms with E-state index in [4.69, 9.17) is 11.6 Å². The summed E-state index contributed by atoms with van der Waals surface area (Å²) in [5.74, 6) is -0.406. The van der Waals surface area contributed by atoms with Crippen molar-refractivity contribution in [3.05, 3.63) is 87.3 Å². The summed E-state index contributed by atoms with van der Waals surface area (Å²) in [5.41, 5.74) is 2.53. The highest BCUT2D eigenvalue weighted by atomic mass is 35.5. The smallest absolute Gasteiger partial charge is 0.334 e. The Morgan fingerprint density at radius 2 is 1.95 bits per heavy atom. The summed E-state index contributed by atoms with van der Waals surface area (Å²) >= 11 is 5.74. The lowest BCUT2D eigenvalue weighted by Crippen LogP contribution is -2.39. The van der Waals surface area contributed by atoms with Crippen LogP contribution in [0.1, 0.15) is 53.9 Å². The maximum absolute atomic E-state index is 13.7. The van der Waals surface area contributed by atoms with Crippen molar-refractivity contribution in [1.82, 2.24) is 29.4 Å². The number of carbonyl (C=O) groups is 1. The molecular weight excluding hydrogens is 554 g/mol. The van der Waals surface area contributed by atoms with Crippen molar-refractivity contribution in [2.45, 2.75) is 51.3 Å². The number of hydrogen-bond donors (Lipinski definition) is 3. The molecule has 4 heterocycles. The van der Waals surface area contributed by atoms with E-state index in [9.17, 15) is 23.5 Å². The molecule has 1 amide bonds. The van der Waals surface area contributed by atoms with Crippen LogP contribution in [0, 0.1) is 5.92 Å². The topological polar surface area (TPSA) is 118 Å². The number of H-pyrrole nitrogens is 1. The van der Waals surface area contributed by atoms with Crippen LogP contribution in [0.15, 0.2) is 59.5 Å². The van der Waals surface area contributed by atoms with Crippen LogP contribution >= 0.6 is 11.6 Å². The summed E-state index contributed by atoms with van der Waals surface area (Å²) in [5, 5.41) is 13.1. The van der Waals surface area contributed by atoms with Gasteiger partial charge in [-0.1, -0.05) is 11.6 Å². The van der Waals surface area contributed by atoms with E-state index in [-0.39, 0.29) is 35.0 Å². The summed E-state index contributed by atoms with van der Waals surface area (Å²) < 4.78 is 30.2. The Morgan fingerprint density at radius 1 is 1.15 bits per heavy atom. The molecule has 1 aliphatic carbocycles. The number of rotatable bonds is 7. The van der Waals surface area contributed by atoms with Gasteiger partial charge >= 0.3 is 5.69 Å². The number of nitrogens with one attached hydrogen (secondary N) is 2. The van der Waals surface area contributed by atoms with E-state index in [0.717, 1.165) is 29.3 Å². The van der Waals surface area contributed by atoms with E-state index in [0.29, 0.717) is 36.4 Å². The third-order valence-electron chi connectivity index (χ3n) is 7.74. The van der Waals surface area contributed by atoms with Crippen LogP contribution in [0.5, 0.6) is 0 Å². The number of nitrogens with zero attached hydrogens (tertiary/aromatic N) is 4. The number of hydrogen-bond acceptors (Lipinski definition) is 5. The quantitative estimate of drug-likeness (QED) is 0.231. The summed E-state index contributed by atoms with van der Waals surface area (Å²) in [6.45, 7) is 0.387. The first kappa shape index (κ1) is 27.1. The van der Waals surface area contributed by atoms with E-state index < -0.39 is 18.0 Å². The highest BCUT2D eigenvalue weighted by molar-refractivity contribution is 6.29. The average molecular weight is 581 g/mol. The Balaban J connectivity index is 1.19. The highest BCUT2D eigenvalue weighted by Crippen LogP contribution is 2.29. The lowest BCUT2D eigenvalue weighted by molar-refractivity contribution is 0.0904. The number of fused-ring (bicyclic) bond motifs is 2. The van der Waals surface area contributed by atoms with Crippen molar-refractivity contribution in [3.8, 4) is 5.69 Å². The van der Waals surface area contributed by atoms with E-state index >= 15 is 0 Å². The number of aliphatic hydroxyl groups is 1. The third-order valence-corrected chi connectivity index (χ3v) is 7.95. The highest BCUT2D eigenvalue weighted by Gasteiger charge is 2.27. The number of amides is 1. The molecule has 1 aliphatic rings. The van der Waals surface area contributed by atoms with Gasteiger partial charge in [-0.2, -0.15) is 0 Å². The van der Waals surface area contributed by atoms with Gasteiger partial charge in [0, 0.05) is 35.4 Å². The second kappa shape index (κ2) is 11.1. The Bertz CT molecular complexity index is 1810. The third kappa shape index (κ3) is 5.22. The fourth-order valence-corrected chi connectivity index (χ4v) is 5.87. The minimum absolute atomic E-state index is 0.0926. The fourth-order valence-electron chi connectivity index (χ4n) is 5.72. The lowest BCUT2D eigenvalue weighted by Gasteiger charge is -2.29. The van der Waals surface area contributed by atoms with Crippen LogP contribution in [0.2, 0.25) is 5.15 Å². The number of carbonyl (C=O) groups excluding carboxylic acids is 1. The summed E-state index contributed by atoms with van der Waals surface area (Å²) in [6.07, 6.45) is 1.57. The van der Waals surface area contributed by atoms with E-state index in [1.165, 1.54) is 12.1 Å². The Labute approximate surface area is 237 Å². The molecular formula is C29H27ClF2N6O3. The van der Waals surface area contributed by atoms with Gasteiger partial charge in [0.15, 0.2) is 5.65 Å².